The summed E-state index contributed by atoms with van der Waals surface area (Å²) in [4.78, 5) is 16.8. The van der Waals surface area contributed by atoms with Crippen molar-refractivity contribution in [1.82, 2.24) is 14.9 Å². The zero-order chi connectivity index (χ0) is 19.8. The van der Waals surface area contributed by atoms with Crippen LogP contribution in [0.5, 0.6) is 11.5 Å². The lowest BCUT2D eigenvalue weighted by Crippen LogP contribution is -2.31. The van der Waals surface area contributed by atoms with Crippen LogP contribution in [0.1, 0.15) is 26.1 Å². The van der Waals surface area contributed by atoms with Gasteiger partial charge < -0.3 is 19.4 Å². The first-order chi connectivity index (χ1) is 13.7. The van der Waals surface area contributed by atoms with Gasteiger partial charge in [-0.1, -0.05) is 19.1 Å². The zero-order valence-electron chi connectivity index (χ0n) is 16.5. The summed E-state index contributed by atoms with van der Waals surface area (Å²) >= 11 is 0. The van der Waals surface area contributed by atoms with Crippen molar-refractivity contribution in [3.8, 4) is 11.5 Å². The SMILES string of the molecule is CCCn1c(CCNC(=O)COc2ccc(OCC)cc2)nc2ccccc21. The summed E-state index contributed by atoms with van der Waals surface area (Å²) in [6.07, 6.45) is 1.72. The summed E-state index contributed by atoms with van der Waals surface area (Å²) in [5.41, 5.74) is 2.14. The molecule has 0 atom stereocenters. The summed E-state index contributed by atoms with van der Waals surface area (Å²) in [7, 11) is 0. The van der Waals surface area contributed by atoms with Crippen LogP contribution in [-0.4, -0.2) is 35.2 Å². The Hall–Kier alpha value is -3.02. The molecule has 3 rings (SSSR count). The predicted molar refractivity (Wildman–Crippen MR) is 110 cm³/mol. The molecular formula is C22H27N3O3. The van der Waals surface area contributed by atoms with Crippen LogP contribution in [0, 0.1) is 0 Å². The molecule has 28 heavy (non-hydrogen) atoms. The molecule has 1 amide bonds. The van der Waals surface area contributed by atoms with Crippen molar-refractivity contribution >= 4 is 16.9 Å². The van der Waals surface area contributed by atoms with Crippen LogP contribution in [0.3, 0.4) is 0 Å². The lowest BCUT2D eigenvalue weighted by atomic mass is 10.3. The van der Waals surface area contributed by atoms with Crippen LogP contribution in [0.25, 0.3) is 11.0 Å². The fourth-order valence-electron chi connectivity index (χ4n) is 3.10. The molecule has 0 aliphatic carbocycles. The van der Waals surface area contributed by atoms with Crippen molar-refractivity contribution in [2.75, 3.05) is 19.8 Å². The number of fused-ring (bicyclic) bond motifs is 1. The maximum absolute atomic E-state index is 12.1. The van der Waals surface area contributed by atoms with E-state index in [1.54, 1.807) is 12.1 Å². The van der Waals surface area contributed by atoms with Crippen molar-refractivity contribution in [1.29, 1.82) is 0 Å². The highest BCUT2D eigenvalue weighted by Crippen LogP contribution is 2.18. The lowest BCUT2D eigenvalue weighted by molar-refractivity contribution is -0.123. The van der Waals surface area contributed by atoms with E-state index < -0.39 is 0 Å². The summed E-state index contributed by atoms with van der Waals surface area (Å²) in [6, 6.07) is 15.4. The number of ether oxygens (including phenoxy) is 2. The Morgan fingerprint density at radius 2 is 1.75 bits per heavy atom. The molecule has 1 N–H and O–H groups in total. The molecule has 6 nitrogen and oxygen atoms in total. The van der Waals surface area contributed by atoms with Crippen molar-refractivity contribution in [3.05, 3.63) is 54.4 Å². The van der Waals surface area contributed by atoms with E-state index in [2.05, 4.69) is 22.9 Å². The summed E-state index contributed by atoms with van der Waals surface area (Å²) < 4.78 is 13.1. The molecule has 1 heterocycles. The minimum absolute atomic E-state index is 0.0145. The molecule has 0 fully saturated rings. The standard InChI is InChI=1S/C22H27N3O3/c1-3-15-25-20-8-6-5-7-19(20)24-21(25)13-14-23-22(26)16-28-18-11-9-17(10-12-18)27-4-2/h5-12H,3-4,13-16H2,1-2H3,(H,23,26). The molecule has 2 aromatic carbocycles. The van der Waals surface area contributed by atoms with Crippen molar-refractivity contribution in [3.63, 3.8) is 0 Å². The van der Waals surface area contributed by atoms with E-state index in [4.69, 9.17) is 14.5 Å². The number of carbonyl (C=O) groups excluding carboxylic acids is 1. The monoisotopic (exact) mass is 381 g/mol. The van der Waals surface area contributed by atoms with Gasteiger partial charge in [-0.15, -0.1) is 0 Å². The second-order valence-electron chi connectivity index (χ2n) is 6.46. The topological polar surface area (TPSA) is 65.4 Å². The van der Waals surface area contributed by atoms with E-state index in [9.17, 15) is 4.79 Å². The number of amides is 1. The molecule has 0 bridgehead atoms. The number of carbonyl (C=O) groups is 1. The van der Waals surface area contributed by atoms with Gasteiger partial charge >= 0.3 is 0 Å². The fourth-order valence-corrected chi connectivity index (χ4v) is 3.10. The third-order valence-electron chi connectivity index (χ3n) is 4.36. The van der Waals surface area contributed by atoms with E-state index in [1.165, 1.54) is 0 Å². The molecule has 3 aromatic rings. The maximum atomic E-state index is 12.1. The largest absolute Gasteiger partial charge is 0.494 e. The maximum Gasteiger partial charge on any atom is 0.257 e. The summed E-state index contributed by atoms with van der Waals surface area (Å²) in [5, 5.41) is 2.90. The molecule has 0 spiro atoms. The Bertz CT molecular complexity index is 903. The Balaban J connectivity index is 1.49. The first-order valence-corrected chi connectivity index (χ1v) is 9.77. The molecule has 0 aliphatic rings. The van der Waals surface area contributed by atoms with Crippen LogP contribution in [0.4, 0.5) is 0 Å². The third kappa shape index (κ3) is 5.03. The Morgan fingerprint density at radius 1 is 1.04 bits per heavy atom. The minimum atomic E-state index is -0.146. The van der Waals surface area contributed by atoms with Crippen LogP contribution in [-0.2, 0) is 17.8 Å². The molecule has 1 aromatic heterocycles. The number of hydrogen-bond donors (Lipinski definition) is 1. The number of aryl methyl sites for hydroxylation is 1. The highest BCUT2D eigenvalue weighted by Gasteiger charge is 2.10. The Labute approximate surface area is 165 Å². The van der Waals surface area contributed by atoms with Gasteiger partial charge in [0, 0.05) is 19.5 Å². The number of benzene rings is 2. The second kappa shape index (κ2) is 9.78. The van der Waals surface area contributed by atoms with E-state index >= 15 is 0 Å². The minimum Gasteiger partial charge on any atom is -0.494 e. The number of rotatable bonds is 10. The highest BCUT2D eigenvalue weighted by molar-refractivity contribution is 5.77. The molecule has 148 valence electrons. The molecule has 0 saturated heterocycles. The number of imidazole rings is 1. The van der Waals surface area contributed by atoms with Crippen LogP contribution in [0.2, 0.25) is 0 Å². The van der Waals surface area contributed by atoms with Gasteiger partial charge in [0.2, 0.25) is 0 Å². The predicted octanol–water partition coefficient (Wildman–Crippen LogP) is 3.58. The average molecular weight is 381 g/mol. The first-order valence-electron chi connectivity index (χ1n) is 9.77. The van der Waals surface area contributed by atoms with Crippen LogP contribution < -0.4 is 14.8 Å². The molecule has 0 radical (unpaired) electrons. The van der Waals surface area contributed by atoms with Gasteiger partial charge in [0.15, 0.2) is 6.61 Å². The average Bonchev–Trinajstić information content (AvgIpc) is 3.06. The third-order valence-corrected chi connectivity index (χ3v) is 4.36. The highest BCUT2D eigenvalue weighted by atomic mass is 16.5. The molecular weight excluding hydrogens is 354 g/mol. The molecule has 6 heteroatoms. The summed E-state index contributed by atoms with van der Waals surface area (Å²) in [5.74, 6) is 2.28. The zero-order valence-corrected chi connectivity index (χ0v) is 16.5. The van der Waals surface area contributed by atoms with Crippen LogP contribution >= 0.6 is 0 Å². The fraction of sp³-hybridized carbons (Fsp3) is 0.364. The van der Waals surface area contributed by atoms with E-state index in [0.717, 1.165) is 35.6 Å². The van der Waals surface area contributed by atoms with Gasteiger partial charge in [-0.25, -0.2) is 4.98 Å². The molecule has 0 saturated carbocycles. The second-order valence-corrected chi connectivity index (χ2v) is 6.46. The quantitative estimate of drug-likeness (QED) is 0.583. The van der Waals surface area contributed by atoms with Gasteiger partial charge in [-0.2, -0.15) is 0 Å². The van der Waals surface area contributed by atoms with Crippen molar-refractivity contribution in [2.45, 2.75) is 33.2 Å². The number of hydrogen-bond acceptors (Lipinski definition) is 4. The number of nitrogens with one attached hydrogen (secondary N) is 1. The van der Waals surface area contributed by atoms with Crippen molar-refractivity contribution in [2.24, 2.45) is 0 Å². The smallest absolute Gasteiger partial charge is 0.257 e. The molecule has 0 unspecified atom stereocenters. The van der Waals surface area contributed by atoms with Gasteiger partial charge in [0.25, 0.3) is 5.91 Å². The number of para-hydroxylation sites is 2. The van der Waals surface area contributed by atoms with Gasteiger partial charge in [-0.3, -0.25) is 4.79 Å². The Kier molecular flexibility index (Phi) is 6.89. The molecule has 0 aliphatic heterocycles. The first kappa shape index (κ1) is 19.7. The van der Waals surface area contributed by atoms with Gasteiger partial charge in [-0.05, 0) is 49.7 Å². The van der Waals surface area contributed by atoms with E-state index in [0.29, 0.717) is 25.3 Å². The van der Waals surface area contributed by atoms with E-state index in [-0.39, 0.29) is 12.5 Å². The normalized spacial score (nSPS) is 10.8. The number of nitrogens with zero attached hydrogens (tertiary/aromatic N) is 2. The Morgan fingerprint density at radius 3 is 2.46 bits per heavy atom. The summed E-state index contributed by atoms with van der Waals surface area (Å²) in [6.45, 7) is 6.14. The van der Waals surface area contributed by atoms with Crippen LogP contribution in [0.15, 0.2) is 48.5 Å². The van der Waals surface area contributed by atoms with E-state index in [1.807, 2.05) is 37.3 Å². The van der Waals surface area contributed by atoms with Gasteiger partial charge in [0.05, 0.1) is 17.6 Å². The van der Waals surface area contributed by atoms with Gasteiger partial charge in [0.1, 0.15) is 17.3 Å². The lowest BCUT2D eigenvalue weighted by Gasteiger charge is -2.10. The van der Waals surface area contributed by atoms with Crippen molar-refractivity contribution < 1.29 is 14.3 Å². The number of aromatic nitrogens is 2.